The maximum Gasteiger partial charge on any atom is 0.234 e. The molecule has 0 aliphatic heterocycles. The zero-order valence-corrected chi connectivity index (χ0v) is 9.68. The third-order valence-corrected chi connectivity index (χ3v) is 1.65. The summed E-state index contributed by atoms with van der Waals surface area (Å²) in [5.74, 6) is 0.0356. The Labute approximate surface area is 87.0 Å². The van der Waals surface area contributed by atoms with Crippen LogP contribution < -0.4 is 10.6 Å². The summed E-state index contributed by atoms with van der Waals surface area (Å²) in [7, 11) is 0. The predicted octanol–water partition coefficient (Wildman–Crippen LogP) is 1.46. The Hall–Kier alpha value is -0.830. The number of rotatable bonds is 5. The van der Waals surface area contributed by atoms with Crippen molar-refractivity contribution in [1.29, 1.82) is 0 Å². The maximum absolute atomic E-state index is 11.4. The first kappa shape index (κ1) is 13.2. The zero-order valence-electron chi connectivity index (χ0n) is 9.68. The molecule has 0 aromatic carbocycles. The van der Waals surface area contributed by atoms with Gasteiger partial charge < -0.3 is 10.6 Å². The van der Waals surface area contributed by atoms with Crippen LogP contribution in [-0.4, -0.2) is 24.0 Å². The van der Waals surface area contributed by atoms with Crippen LogP contribution in [0.1, 0.15) is 34.1 Å². The molecule has 3 heteroatoms. The molecule has 0 aliphatic carbocycles. The van der Waals surface area contributed by atoms with Gasteiger partial charge in [0, 0.05) is 11.6 Å². The van der Waals surface area contributed by atoms with Gasteiger partial charge in [0.25, 0.3) is 0 Å². The molecule has 0 aromatic rings. The number of carbonyl (C=O) groups is 1. The summed E-state index contributed by atoms with van der Waals surface area (Å²) in [6.07, 6.45) is 2.72. The van der Waals surface area contributed by atoms with Crippen molar-refractivity contribution in [2.24, 2.45) is 0 Å². The van der Waals surface area contributed by atoms with Gasteiger partial charge in [-0.25, -0.2) is 0 Å². The van der Waals surface area contributed by atoms with E-state index in [0.717, 1.165) is 6.42 Å². The van der Waals surface area contributed by atoms with Crippen molar-refractivity contribution < 1.29 is 4.79 Å². The van der Waals surface area contributed by atoms with Crippen molar-refractivity contribution in [3.63, 3.8) is 0 Å². The van der Waals surface area contributed by atoms with Crippen molar-refractivity contribution >= 4 is 5.91 Å². The Morgan fingerprint density at radius 2 is 2.07 bits per heavy atom. The van der Waals surface area contributed by atoms with Gasteiger partial charge in [-0.1, -0.05) is 6.08 Å². The summed E-state index contributed by atoms with van der Waals surface area (Å²) >= 11 is 0. The van der Waals surface area contributed by atoms with Crippen molar-refractivity contribution in [2.75, 3.05) is 6.54 Å². The second-order valence-electron chi connectivity index (χ2n) is 4.60. The van der Waals surface area contributed by atoms with Crippen LogP contribution in [0.4, 0.5) is 0 Å². The normalized spacial score (nSPS) is 13.4. The Kier molecular flexibility index (Phi) is 5.46. The van der Waals surface area contributed by atoms with E-state index >= 15 is 0 Å². The monoisotopic (exact) mass is 198 g/mol. The molecular formula is C11H22N2O. The summed E-state index contributed by atoms with van der Waals surface area (Å²) in [5.41, 5.74) is -0.152. The second kappa shape index (κ2) is 5.81. The first-order valence-corrected chi connectivity index (χ1v) is 5.00. The minimum atomic E-state index is -0.152. The molecule has 0 heterocycles. The first-order chi connectivity index (χ1) is 6.35. The zero-order chi connectivity index (χ0) is 11.2. The smallest absolute Gasteiger partial charge is 0.234 e. The number of nitrogens with one attached hydrogen (secondary N) is 2. The largest absolute Gasteiger partial charge is 0.350 e. The molecule has 2 N–H and O–H groups in total. The molecule has 0 rings (SSSR count). The number of hydrogen-bond acceptors (Lipinski definition) is 2. The SMILES string of the molecule is C=CCC(C)NCC(=O)NC(C)(C)C. The van der Waals surface area contributed by atoms with Gasteiger partial charge in [-0.2, -0.15) is 0 Å². The fraction of sp³-hybridized carbons (Fsp3) is 0.727. The highest BCUT2D eigenvalue weighted by Gasteiger charge is 2.13. The lowest BCUT2D eigenvalue weighted by molar-refractivity contribution is -0.121. The standard InChI is InChI=1S/C11H22N2O/c1-6-7-9(2)12-8-10(14)13-11(3,4)5/h6,9,12H,1,7-8H2,2-5H3,(H,13,14). The maximum atomic E-state index is 11.4. The van der Waals surface area contributed by atoms with Gasteiger partial charge in [-0.05, 0) is 34.1 Å². The van der Waals surface area contributed by atoms with Gasteiger partial charge in [0.05, 0.1) is 6.54 Å². The van der Waals surface area contributed by atoms with E-state index in [1.807, 2.05) is 33.8 Å². The molecule has 0 saturated carbocycles. The van der Waals surface area contributed by atoms with Crippen LogP contribution in [0.25, 0.3) is 0 Å². The quantitative estimate of drug-likeness (QED) is 0.657. The van der Waals surface area contributed by atoms with Crippen molar-refractivity contribution in [2.45, 2.75) is 45.7 Å². The highest BCUT2D eigenvalue weighted by molar-refractivity contribution is 5.78. The number of hydrogen-bond donors (Lipinski definition) is 2. The highest BCUT2D eigenvalue weighted by Crippen LogP contribution is 1.97. The molecule has 1 atom stereocenters. The predicted molar refractivity (Wildman–Crippen MR) is 60.2 cm³/mol. The molecular weight excluding hydrogens is 176 g/mol. The third kappa shape index (κ3) is 7.80. The van der Waals surface area contributed by atoms with E-state index in [-0.39, 0.29) is 11.4 Å². The van der Waals surface area contributed by atoms with Gasteiger partial charge in [0.1, 0.15) is 0 Å². The average molecular weight is 198 g/mol. The lowest BCUT2D eigenvalue weighted by Gasteiger charge is -2.21. The Balaban J connectivity index is 3.69. The fourth-order valence-electron chi connectivity index (χ4n) is 1.06. The number of carbonyl (C=O) groups excluding carboxylic acids is 1. The lowest BCUT2D eigenvalue weighted by atomic mass is 10.1. The van der Waals surface area contributed by atoms with Crippen LogP contribution in [0.5, 0.6) is 0 Å². The third-order valence-electron chi connectivity index (χ3n) is 1.65. The van der Waals surface area contributed by atoms with Crippen molar-refractivity contribution in [1.82, 2.24) is 10.6 Å². The molecule has 1 amide bonds. The van der Waals surface area contributed by atoms with Gasteiger partial charge in [0.15, 0.2) is 0 Å². The summed E-state index contributed by atoms with van der Waals surface area (Å²) < 4.78 is 0. The molecule has 1 unspecified atom stereocenters. The summed E-state index contributed by atoms with van der Waals surface area (Å²) in [6.45, 7) is 12.0. The number of amides is 1. The van der Waals surface area contributed by atoms with Crippen LogP contribution in [0.15, 0.2) is 12.7 Å². The summed E-state index contributed by atoms with van der Waals surface area (Å²) in [6, 6.07) is 0.304. The molecule has 0 saturated heterocycles. The van der Waals surface area contributed by atoms with E-state index in [0.29, 0.717) is 12.6 Å². The van der Waals surface area contributed by atoms with E-state index in [1.165, 1.54) is 0 Å². The van der Waals surface area contributed by atoms with Crippen LogP contribution in [0, 0.1) is 0 Å². The first-order valence-electron chi connectivity index (χ1n) is 5.00. The molecule has 0 aliphatic rings. The van der Waals surface area contributed by atoms with E-state index in [4.69, 9.17) is 0 Å². The Bertz CT molecular complexity index is 194. The molecule has 0 aromatic heterocycles. The molecule has 0 bridgehead atoms. The minimum absolute atomic E-state index is 0.0356. The van der Waals surface area contributed by atoms with Gasteiger partial charge in [-0.15, -0.1) is 6.58 Å². The molecule has 0 spiro atoms. The van der Waals surface area contributed by atoms with E-state index in [1.54, 1.807) is 0 Å². The molecule has 82 valence electrons. The van der Waals surface area contributed by atoms with Crippen LogP contribution >= 0.6 is 0 Å². The summed E-state index contributed by atoms with van der Waals surface area (Å²) in [4.78, 5) is 11.4. The van der Waals surface area contributed by atoms with Crippen LogP contribution in [-0.2, 0) is 4.79 Å². The Morgan fingerprint density at radius 1 is 1.50 bits per heavy atom. The van der Waals surface area contributed by atoms with Gasteiger partial charge >= 0.3 is 0 Å². The lowest BCUT2D eigenvalue weighted by Crippen LogP contribution is -2.46. The second-order valence-corrected chi connectivity index (χ2v) is 4.60. The average Bonchev–Trinajstić information content (AvgIpc) is 1.98. The molecule has 3 nitrogen and oxygen atoms in total. The van der Waals surface area contributed by atoms with Crippen molar-refractivity contribution in [3.05, 3.63) is 12.7 Å². The fourth-order valence-corrected chi connectivity index (χ4v) is 1.06. The minimum Gasteiger partial charge on any atom is -0.350 e. The topological polar surface area (TPSA) is 41.1 Å². The highest BCUT2D eigenvalue weighted by atomic mass is 16.2. The summed E-state index contributed by atoms with van der Waals surface area (Å²) in [5, 5.41) is 6.01. The van der Waals surface area contributed by atoms with E-state index in [9.17, 15) is 4.79 Å². The molecule has 0 fully saturated rings. The van der Waals surface area contributed by atoms with Gasteiger partial charge in [-0.3, -0.25) is 4.79 Å². The Morgan fingerprint density at radius 3 is 2.50 bits per heavy atom. The van der Waals surface area contributed by atoms with E-state index < -0.39 is 0 Å². The molecule has 14 heavy (non-hydrogen) atoms. The molecule has 0 radical (unpaired) electrons. The van der Waals surface area contributed by atoms with Gasteiger partial charge in [0.2, 0.25) is 5.91 Å². The van der Waals surface area contributed by atoms with Crippen molar-refractivity contribution in [3.8, 4) is 0 Å². The van der Waals surface area contributed by atoms with E-state index in [2.05, 4.69) is 17.2 Å². The van der Waals surface area contributed by atoms with Crippen LogP contribution in [0.2, 0.25) is 0 Å². The van der Waals surface area contributed by atoms with Crippen LogP contribution in [0.3, 0.4) is 0 Å².